The Morgan fingerprint density at radius 1 is 1.32 bits per heavy atom. The number of halogens is 1. The van der Waals surface area contributed by atoms with E-state index in [-0.39, 0.29) is 22.6 Å². The number of hydrogen-bond acceptors (Lipinski definition) is 4. The summed E-state index contributed by atoms with van der Waals surface area (Å²) in [7, 11) is 0. The Bertz CT molecular complexity index is 812. The zero-order chi connectivity index (χ0) is 17.8. The number of carbonyl (C=O) groups excluding carboxylic acids is 1. The summed E-state index contributed by atoms with van der Waals surface area (Å²) >= 11 is 0. The van der Waals surface area contributed by atoms with Crippen LogP contribution in [0, 0.1) is 22.6 Å². The minimum absolute atomic E-state index is 0.0248. The first-order chi connectivity index (χ1) is 11.9. The first kappa shape index (κ1) is 16.2. The predicted octanol–water partition coefficient (Wildman–Crippen LogP) is 3.53. The number of esters is 1. The number of hydrogen-bond donors (Lipinski definition) is 2. The number of rotatable bonds is 3. The molecule has 0 amide bonds. The number of allylic oxidation sites excluding steroid dienone is 2. The van der Waals surface area contributed by atoms with Gasteiger partial charge in [-0.2, -0.15) is 0 Å². The van der Waals surface area contributed by atoms with Crippen LogP contribution in [-0.4, -0.2) is 12.6 Å². The van der Waals surface area contributed by atoms with Gasteiger partial charge < -0.3 is 15.6 Å². The maximum atomic E-state index is 14.2. The Labute approximate surface area is 147 Å². The van der Waals surface area contributed by atoms with Gasteiger partial charge >= 0.3 is 5.97 Å². The number of fused-ring (bicyclic) bond motifs is 4. The quantitative estimate of drug-likeness (QED) is 0.825. The first-order valence-electron chi connectivity index (χ1n) is 8.73. The molecule has 0 radical (unpaired) electrons. The molecule has 0 saturated heterocycles. The molecule has 4 nitrogen and oxygen atoms in total. The molecule has 3 aliphatic rings. The van der Waals surface area contributed by atoms with Gasteiger partial charge in [-0.15, -0.1) is 0 Å². The molecule has 4 rings (SSSR count). The highest BCUT2D eigenvalue weighted by Crippen LogP contribution is 2.68. The van der Waals surface area contributed by atoms with Gasteiger partial charge in [-0.05, 0) is 48.0 Å². The molecule has 1 saturated carbocycles. The number of carbonyl (C=O) groups is 1. The fourth-order valence-electron chi connectivity index (χ4n) is 4.92. The van der Waals surface area contributed by atoms with E-state index in [1.807, 2.05) is 6.07 Å². The summed E-state index contributed by atoms with van der Waals surface area (Å²) in [5.41, 5.74) is 9.82. The molecule has 0 aromatic heterocycles. The molecule has 2 atom stereocenters. The van der Waals surface area contributed by atoms with Crippen molar-refractivity contribution in [3.63, 3.8) is 0 Å². The Morgan fingerprint density at radius 2 is 2.08 bits per heavy atom. The molecule has 1 fully saturated rings. The predicted molar refractivity (Wildman–Crippen MR) is 93.2 cm³/mol. The van der Waals surface area contributed by atoms with E-state index in [0.29, 0.717) is 18.1 Å². The minimum atomic E-state index is -0.256. The number of nitrogens with one attached hydrogen (secondary N) is 2. The Balaban J connectivity index is 1.76. The zero-order valence-electron chi connectivity index (χ0n) is 14.8. The van der Waals surface area contributed by atoms with Crippen molar-refractivity contribution in [2.75, 3.05) is 6.61 Å². The van der Waals surface area contributed by atoms with Crippen LogP contribution in [-0.2, 0) is 9.53 Å². The molecule has 1 heterocycles. The summed E-state index contributed by atoms with van der Waals surface area (Å²) < 4.78 is 19.6. The smallest absolute Gasteiger partial charge is 0.302 e. The van der Waals surface area contributed by atoms with Crippen LogP contribution in [0.15, 0.2) is 41.6 Å². The van der Waals surface area contributed by atoms with E-state index >= 15 is 0 Å². The lowest BCUT2D eigenvalue weighted by Crippen LogP contribution is -2.46. The maximum absolute atomic E-state index is 14.2. The van der Waals surface area contributed by atoms with Gasteiger partial charge in [0.05, 0.1) is 11.1 Å². The topological polar surface area (TPSA) is 50.4 Å². The Morgan fingerprint density at radius 3 is 2.80 bits per heavy atom. The lowest BCUT2D eigenvalue weighted by molar-refractivity contribution is -0.145. The lowest BCUT2D eigenvalue weighted by atomic mass is 9.68. The highest BCUT2D eigenvalue weighted by atomic mass is 19.1. The second-order valence-corrected chi connectivity index (χ2v) is 7.79. The molecular formula is C20H23FN2O2. The number of hydrazine groups is 1. The molecule has 0 unspecified atom stereocenters. The normalized spacial score (nSPS) is 28.8. The highest BCUT2D eigenvalue weighted by molar-refractivity contribution is 5.70. The van der Waals surface area contributed by atoms with Crippen molar-refractivity contribution in [1.29, 1.82) is 0 Å². The van der Waals surface area contributed by atoms with Gasteiger partial charge in [0.1, 0.15) is 12.4 Å². The van der Waals surface area contributed by atoms with Gasteiger partial charge in [-0.1, -0.05) is 26.0 Å². The summed E-state index contributed by atoms with van der Waals surface area (Å²) in [5, 5.41) is 0. The van der Waals surface area contributed by atoms with E-state index in [0.717, 1.165) is 24.2 Å². The Hall–Kier alpha value is -2.30. The van der Waals surface area contributed by atoms with Gasteiger partial charge in [0.2, 0.25) is 0 Å². The maximum Gasteiger partial charge on any atom is 0.302 e. The minimum Gasteiger partial charge on any atom is -0.465 e. The van der Waals surface area contributed by atoms with E-state index in [9.17, 15) is 9.18 Å². The summed E-state index contributed by atoms with van der Waals surface area (Å²) in [5.74, 6) is -0.132. The van der Waals surface area contributed by atoms with Crippen LogP contribution < -0.4 is 10.9 Å². The van der Waals surface area contributed by atoms with E-state index in [1.165, 1.54) is 18.6 Å². The van der Waals surface area contributed by atoms with Crippen LogP contribution in [0.5, 0.6) is 0 Å². The third kappa shape index (κ3) is 2.14. The van der Waals surface area contributed by atoms with Gasteiger partial charge in [-0.3, -0.25) is 4.79 Å². The average Bonchev–Trinajstić information content (AvgIpc) is 2.94. The Kier molecular flexibility index (Phi) is 3.46. The summed E-state index contributed by atoms with van der Waals surface area (Å²) in [6, 6.07) is 6.76. The number of ether oxygens (including phenoxy) is 1. The summed E-state index contributed by atoms with van der Waals surface area (Å²) in [4.78, 5) is 11.4. The molecule has 1 aliphatic heterocycles. The fourth-order valence-corrected chi connectivity index (χ4v) is 4.92. The first-order valence-corrected chi connectivity index (χ1v) is 8.73. The monoisotopic (exact) mass is 342 g/mol. The van der Waals surface area contributed by atoms with Crippen molar-refractivity contribution >= 4 is 11.7 Å². The van der Waals surface area contributed by atoms with Crippen molar-refractivity contribution in [3.05, 3.63) is 53.0 Å². The fraction of sp³-hybridized carbons (Fsp3) is 0.450. The molecule has 2 N–H and O–H groups in total. The highest BCUT2D eigenvalue weighted by Gasteiger charge is 2.64. The molecule has 1 aromatic rings. The van der Waals surface area contributed by atoms with Crippen LogP contribution in [0.1, 0.15) is 39.2 Å². The third-order valence-corrected chi connectivity index (χ3v) is 6.41. The lowest BCUT2D eigenvalue weighted by Gasteiger charge is -2.40. The summed E-state index contributed by atoms with van der Waals surface area (Å²) in [6.45, 7) is 6.31. The van der Waals surface area contributed by atoms with Crippen molar-refractivity contribution in [3.8, 4) is 0 Å². The van der Waals surface area contributed by atoms with Crippen LogP contribution in [0.2, 0.25) is 0 Å². The molecule has 1 aromatic carbocycles. The average molecular weight is 342 g/mol. The molecular weight excluding hydrogens is 319 g/mol. The summed E-state index contributed by atoms with van der Waals surface area (Å²) in [6.07, 6.45) is 4.09. The van der Waals surface area contributed by atoms with Crippen LogP contribution in [0.25, 0.3) is 5.70 Å². The van der Waals surface area contributed by atoms with E-state index in [2.05, 4.69) is 30.8 Å². The van der Waals surface area contributed by atoms with E-state index in [1.54, 1.807) is 12.1 Å². The zero-order valence-corrected chi connectivity index (χ0v) is 14.8. The second-order valence-electron chi connectivity index (χ2n) is 7.79. The molecule has 2 aliphatic carbocycles. The van der Waals surface area contributed by atoms with Gasteiger partial charge in [0, 0.05) is 18.2 Å². The molecule has 2 bridgehead atoms. The van der Waals surface area contributed by atoms with Gasteiger partial charge in [-0.25, -0.2) is 4.39 Å². The number of benzene rings is 1. The van der Waals surface area contributed by atoms with Crippen molar-refractivity contribution < 1.29 is 13.9 Å². The second kappa shape index (κ2) is 5.35. The molecule has 0 spiro atoms. The SMILES string of the molecule is CC(=O)OC[C@]12CC[C@H](C3=C1NNC(c1ccccc1F)=C3)C2(C)C. The van der Waals surface area contributed by atoms with Crippen molar-refractivity contribution in [1.82, 2.24) is 10.9 Å². The standard InChI is InChI=1S/C20H23FN2O2/c1-12(24)25-11-20-9-8-15(19(20,2)3)14-10-17(22-23-18(14)20)13-6-4-5-7-16(13)21/h4-7,10,15,22-23H,8-9,11H2,1-3H3/t15-,20-/m1/s1. The third-order valence-electron chi connectivity index (χ3n) is 6.41. The molecule has 5 heteroatoms. The molecule has 25 heavy (non-hydrogen) atoms. The molecule has 132 valence electrons. The van der Waals surface area contributed by atoms with Gasteiger partial charge in [0.15, 0.2) is 0 Å². The van der Waals surface area contributed by atoms with Crippen molar-refractivity contribution in [2.45, 2.75) is 33.6 Å². The van der Waals surface area contributed by atoms with Crippen molar-refractivity contribution in [2.24, 2.45) is 16.7 Å². The van der Waals surface area contributed by atoms with Crippen LogP contribution >= 0.6 is 0 Å². The van der Waals surface area contributed by atoms with E-state index in [4.69, 9.17) is 4.74 Å². The largest absolute Gasteiger partial charge is 0.465 e. The van der Waals surface area contributed by atoms with Crippen LogP contribution in [0.3, 0.4) is 0 Å². The van der Waals surface area contributed by atoms with E-state index < -0.39 is 0 Å². The van der Waals surface area contributed by atoms with Gasteiger partial charge in [0.25, 0.3) is 0 Å². The van der Waals surface area contributed by atoms with Crippen LogP contribution in [0.4, 0.5) is 4.39 Å².